The molecule has 0 atom stereocenters. The fourth-order valence-electron chi connectivity index (χ4n) is 2.36. The van der Waals surface area contributed by atoms with Crippen molar-refractivity contribution in [3.63, 3.8) is 0 Å². The first-order valence-electron chi connectivity index (χ1n) is 7.94. The number of nitrogens with one attached hydrogen (secondary N) is 1. The molecule has 24 heavy (non-hydrogen) atoms. The van der Waals surface area contributed by atoms with Crippen molar-refractivity contribution in [3.8, 4) is 0 Å². The van der Waals surface area contributed by atoms with Gasteiger partial charge in [0.25, 0.3) is 0 Å². The Balaban J connectivity index is 2.35. The second-order valence-corrected chi connectivity index (χ2v) is 6.02. The Morgan fingerprint density at radius 2 is 1.79 bits per heavy atom. The van der Waals surface area contributed by atoms with Gasteiger partial charge < -0.3 is 10.2 Å². The predicted molar refractivity (Wildman–Crippen MR) is 92.2 cm³/mol. The molecule has 0 spiro atoms. The van der Waals surface area contributed by atoms with Crippen LogP contribution in [0.2, 0.25) is 0 Å². The molecule has 4 nitrogen and oxygen atoms in total. The van der Waals surface area contributed by atoms with Gasteiger partial charge in [-0.2, -0.15) is 13.2 Å². The molecule has 0 aromatic heterocycles. The summed E-state index contributed by atoms with van der Waals surface area (Å²) >= 11 is 0. The quantitative estimate of drug-likeness (QED) is 0.469. The minimum Gasteiger partial charge on any atom is -0.356 e. The number of hydrogen-bond donors (Lipinski definition) is 1. The van der Waals surface area contributed by atoms with Crippen molar-refractivity contribution >= 4 is 5.96 Å². The number of hydrogen-bond acceptors (Lipinski definition) is 2. The fourth-order valence-corrected chi connectivity index (χ4v) is 2.36. The highest BCUT2D eigenvalue weighted by atomic mass is 19.4. The maximum atomic E-state index is 12.3. The van der Waals surface area contributed by atoms with E-state index in [9.17, 15) is 13.2 Å². The number of halogens is 3. The first-order chi connectivity index (χ1) is 11.2. The van der Waals surface area contributed by atoms with Gasteiger partial charge in [0, 0.05) is 27.2 Å². The standard InChI is InChI=1S/C17H27F3N4/c1-14-6-8-15(9-7-14)12-24(4)16(21-2)22-10-5-11-23(3)13-17(18,19)20/h6-9H,5,10-13H2,1-4H3,(H,21,22). The molecule has 1 aromatic rings. The van der Waals surface area contributed by atoms with Crippen LogP contribution in [0.4, 0.5) is 13.2 Å². The molecule has 1 rings (SSSR count). The lowest BCUT2D eigenvalue weighted by Crippen LogP contribution is -2.40. The minimum atomic E-state index is -4.15. The van der Waals surface area contributed by atoms with E-state index in [1.165, 1.54) is 23.1 Å². The number of aliphatic imine (C=N–C) groups is 1. The summed E-state index contributed by atoms with van der Waals surface area (Å²) in [7, 11) is 5.11. The zero-order chi connectivity index (χ0) is 18.2. The third-order valence-corrected chi connectivity index (χ3v) is 3.56. The van der Waals surface area contributed by atoms with E-state index in [0.717, 1.165) is 5.96 Å². The molecule has 0 radical (unpaired) electrons. The van der Waals surface area contributed by atoms with Crippen LogP contribution in [-0.2, 0) is 6.54 Å². The smallest absolute Gasteiger partial charge is 0.356 e. The zero-order valence-corrected chi connectivity index (χ0v) is 14.8. The Hall–Kier alpha value is -1.76. The molecule has 0 amide bonds. The normalized spacial score (nSPS) is 12.6. The van der Waals surface area contributed by atoms with Crippen LogP contribution in [0.1, 0.15) is 17.5 Å². The molecule has 0 aliphatic rings. The summed E-state index contributed by atoms with van der Waals surface area (Å²) in [6.07, 6.45) is -3.53. The van der Waals surface area contributed by atoms with Crippen LogP contribution in [0.25, 0.3) is 0 Å². The second kappa shape index (κ2) is 9.52. The largest absolute Gasteiger partial charge is 0.401 e. The van der Waals surface area contributed by atoms with E-state index in [-0.39, 0.29) is 0 Å². The Morgan fingerprint density at radius 1 is 1.17 bits per heavy atom. The van der Waals surface area contributed by atoms with Crippen LogP contribution >= 0.6 is 0 Å². The van der Waals surface area contributed by atoms with E-state index in [0.29, 0.717) is 26.1 Å². The summed E-state index contributed by atoms with van der Waals surface area (Å²) in [4.78, 5) is 7.48. The molecule has 0 heterocycles. The molecule has 1 aromatic carbocycles. The molecule has 0 saturated heterocycles. The molecule has 0 aliphatic heterocycles. The molecular formula is C17H27F3N4. The monoisotopic (exact) mass is 344 g/mol. The number of alkyl halides is 3. The van der Waals surface area contributed by atoms with Crippen molar-refractivity contribution < 1.29 is 13.2 Å². The van der Waals surface area contributed by atoms with Crippen molar-refractivity contribution in [2.24, 2.45) is 4.99 Å². The van der Waals surface area contributed by atoms with Gasteiger partial charge in [0.2, 0.25) is 0 Å². The Labute approximate surface area is 142 Å². The van der Waals surface area contributed by atoms with Crippen molar-refractivity contribution in [2.45, 2.75) is 26.1 Å². The Morgan fingerprint density at radius 3 is 2.33 bits per heavy atom. The Kier molecular flexibility index (Phi) is 8.04. The summed E-state index contributed by atoms with van der Waals surface area (Å²) in [5.74, 6) is 0.731. The lowest BCUT2D eigenvalue weighted by atomic mass is 10.1. The van der Waals surface area contributed by atoms with Crippen molar-refractivity contribution in [1.82, 2.24) is 15.1 Å². The van der Waals surface area contributed by atoms with Crippen LogP contribution < -0.4 is 5.32 Å². The van der Waals surface area contributed by atoms with Gasteiger partial charge >= 0.3 is 6.18 Å². The van der Waals surface area contributed by atoms with Crippen LogP contribution in [0.3, 0.4) is 0 Å². The van der Waals surface area contributed by atoms with Gasteiger partial charge in [-0.05, 0) is 32.5 Å². The van der Waals surface area contributed by atoms with Crippen LogP contribution in [0.15, 0.2) is 29.3 Å². The molecular weight excluding hydrogens is 317 g/mol. The number of rotatable bonds is 7. The zero-order valence-electron chi connectivity index (χ0n) is 14.8. The van der Waals surface area contributed by atoms with Crippen molar-refractivity contribution in [2.75, 3.05) is 40.8 Å². The molecule has 7 heteroatoms. The maximum Gasteiger partial charge on any atom is 0.401 e. The lowest BCUT2D eigenvalue weighted by molar-refractivity contribution is -0.143. The van der Waals surface area contributed by atoms with Crippen LogP contribution in [0, 0.1) is 6.92 Å². The molecule has 0 aliphatic carbocycles. The molecule has 136 valence electrons. The lowest BCUT2D eigenvalue weighted by Gasteiger charge is -2.23. The summed E-state index contributed by atoms with van der Waals surface area (Å²) in [5, 5.41) is 3.19. The maximum absolute atomic E-state index is 12.3. The molecule has 0 fully saturated rings. The van der Waals surface area contributed by atoms with Gasteiger partial charge in [0.05, 0.1) is 6.54 Å². The molecule has 0 unspecified atom stereocenters. The summed E-state index contributed by atoms with van der Waals surface area (Å²) in [6, 6.07) is 8.28. The van der Waals surface area contributed by atoms with E-state index < -0.39 is 12.7 Å². The number of nitrogens with zero attached hydrogens (tertiary/aromatic N) is 3. The van der Waals surface area contributed by atoms with Crippen LogP contribution in [-0.4, -0.2) is 62.7 Å². The second-order valence-electron chi connectivity index (χ2n) is 6.02. The summed E-state index contributed by atoms with van der Waals surface area (Å²) < 4.78 is 36.8. The average Bonchev–Trinajstić information content (AvgIpc) is 2.47. The fraction of sp³-hybridized carbons (Fsp3) is 0.588. The molecule has 0 saturated carbocycles. The molecule has 1 N–H and O–H groups in total. The SMILES string of the molecule is CN=C(NCCCN(C)CC(F)(F)F)N(C)Cc1ccc(C)cc1. The topological polar surface area (TPSA) is 30.9 Å². The van der Waals surface area contributed by atoms with Gasteiger partial charge in [-0.3, -0.25) is 9.89 Å². The van der Waals surface area contributed by atoms with E-state index >= 15 is 0 Å². The third-order valence-electron chi connectivity index (χ3n) is 3.56. The highest BCUT2D eigenvalue weighted by Gasteiger charge is 2.28. The van der Waals surface area contributed by atoms with E-state index in [1.54, 1.807) is 7.05 Å². The highest BCUT2D eigenvalue weighted by molar-refractivity contribution is 5.79. The van der Waals surface area contributed by atoms with Gasteiger partial charge in [0.1, 0.15) is 0 Å². The van der Waals surface area contributed by atoms with E-state index in [4.69, 9.17) is 0 Å². The van der Waals surface area contributed by atoms with E-state index in [1.807, 2.05) is 18.9 Å². The van der Waals surface area contributed by atoms with Crippen LogP contribution in [0.5, 0.6) is 0 Å². The number of guanidine groups is 1. The van der Waals surface area contributed by atoms with E-state index in [2.05, 4.69) is 34.6 Å². The van der Waals surface area contributed by atoms with Gasteiger partial charge in [-0.1, -0.05) is 29.8 Å². The highest BCUT2D eigenvalue weighted by Crippen LogP contribution is 2.15. The predicted octanol–water partition coefficient (Wildman–Crippen LogP) is 2.89. The minimum absolute atomic E-state index is 0.380. The number of benzene rings is 1. The Bertz CT molecular complexity index is 512. The summed E-state index contributed by atoms with van der Waals surface area (Å²) in [5.41, 5.74) is 2.39. The summed E-state index contributed by atoms with van der Waals surface area (Å²) in [6.45, 7) is 2.84. The van der Waals surface area contributed by atoms with Gasteiger partial charge in [-0.15, -0.1) is 0 Å². The van der Waals surface area contributed by atoms with Gasteiger partial charge in [0.15, 0.2) is 5.96 Å². The first-order valence-corrected chi connectivity index (χ1v) is 7.94. The first kappa shape index (κ1) is 20.3. The van der Waals surface area contributed by atoms with Crippen molar-refractivity contribution in [3.05, 3.63) is 35.4 Å². The molecule has 0 bridgehead atoms. The van der Waals surface area contributed by atoms with Gasteiger partial charge in [-0.25, -0.2) is 0 Å². The van der Waals surface area contributed by atoms with Crippen molar-refractivity contribution in [1.29, 1.82) is 0 Å². The number of aryl methyl sites for hydroxylation is 1. The third kappa shape index (κ3) is 8.19. The average molecular weight is 344 g/mol.